The highest BCUT2D eigenvalue weighted by Crippen LogP contribution is 2.26. The van der Waals surface area contributed by atoms with Gasteiger partial charge in [-0.25, -0.2) is 8.42 Å². The summed E-state index contributed by atoms with van der Waals surface area (Å²) in [5.41, 5.74) is 0.527. The minimum atomic E-state index is -3.94. The zero-order valence-corrected chi connectivity index (χ0v) is 17.5. The van der Waals surface area contributed by atoms with Crippen LogP contribution in [0.3, 0.4) is 0 Å². The van der Waals surface area contributed by atoms with E-state index in [-0.39, 0.29) is 16.4 Å². The van der Waals surface area contributed by atoms with Crippen molar-refractivity contribution < 1.29 is 27.4 Å². The number of morpholine rings is 1. The molecule has 0 bridgehead atoms. The second-order valence-corrected chi connectivity index (χ2v) is 8.18. The van der Waals surface area contributed by atoms with Crippen LogP contribution in [0.1, 0.15) is 10.4 Å². The van der Waals surface area contributed by atoms with Crippen LogP contribution in [0.15, 0.2) is 60.0 Å². The van der Waals surface area contributed by atoms with Crippen molar-refractivity contribution in [2.75, 3.05) is 44.7 Å². The van der Waals surface area contributed by atoms with Gasteiger partial charge in [0.05, 0.1) is 36.5 Å². The molecule has 9 heteroatoms. The fourth-order valence-corrected chi connectivity index (χ4v) is 4.05. The van der Waals surface area contributed by atoms with E-state index in [2.05, 4.69) is 11.3 Å². The Morgan fingerprint density at radius 3 is 2.70 bits per heavy atom. The second kappa shape index (κ2) is 9.64. The highest BCUT2D eigenvalue weighted by atomic mass is 32.2. The molecule has 1 aliphatic rings. The molecule has 0 atom stereocenters. The quantitative estimate of drug-likeness (QED) is 0.645. The first-order chi connectivity index (χ1) is 14.4. The predicted octanol–water partition coefficient (Wildman–Crippen LogP) is 2.53. The van der Waals surface area contributed by atoms with Gasteiger partial charge in [-0.2, -0.15) is 0 Å². The van der Waals surface area contributed by atoms with Crippen LogP contribution >= 0.6 is 0 Å². The standard InChI is InChI=1S/C21H24N2O6S/c1-3-11-29-17-6-4-5-16(14-17)22-30(25,26)18-7-8-20(27-2)19(15-18)21(24)23-9-12-28-13-10-23/h3-8,14-15,22H,1,9-13H2,2H3. The van der Waals surface area contributed by atoms with Crippen LogP contribution in [0, 0.1) is 0 Å². The Morgan fingerprint density at radius 1 is 1.23 bits per heavy atom. The van der Waals surface area contributed by atoms with Gasteiger partial charge in [0.15, 0.2) is 0 Å². The molecule has 1 aliphatic heterocycles. The Morgan fingerprint density at radius 2 is 2.00 bits per heavy atom. The zero-order valence-electron chi connectivity index (χ0n) is 16.7. The van der Waals surface area contributed by atoms with Crippen LogP contribution in [-0.2, 0) is 14.8 Å². The zero-order chi connectivity index (χ0) is 21.6. The molecule has 3 rings (SSSR count). The summed E-state index contributed by atoms with van der Waals surface area (Å²) in [5, 5.41) is 0. The number of hydrogen-bond acceptors (Lipinski definition) is 6. The van der Waals surface area contributed by atoms with E-state index < -0.39 is 10.0 Å². The Hall–Kier alpha value is -3.04. The molecule has 30 heavy (non-hydrogen) atoms. The monoisotopic (exact) mass is 432 g/mol. The number of nitrogens with one attached hydrogen (secondary N) is 1. The summed E-state index contributed by atoms with van der Waals surface area (Å²) in [7, 11) is -2.50. The van der Waals surface area contributed by atoms with Crippen molar-refractivity contribution in [3.8, 4) is 11.5 Å². The molecule has 1 fully saturated rings. The summed E-state index contributed by atoms with van der Waals surface area (Å²) in [6, 6.07) is 10.8. The van der Waals surface area contributed by atoms with Crippen LogP contribution in [0.2, 0.25) is 0 Å². The van der Waals surface area contributed by atoms with Gasteiger partial charge >= 0.3 is 0 Å². The van der Waals surface area contributed by atoms with E-state index in [1.54, 1.807) is 35.2 Å². The van der Waals surface area contributed by atoms with Gasteiger partial charge in [0.2, 0.25) is 0 Å². The minimum absolute atomic E-state index is 0.0441. The van der Waals surface area contributed by atoms with Gasteiger partial charge in [0.1, 0.15) is 18.1 Å². The van der Waals surface area contributed by atoms with Crippen molar-refractivity contribution in [2.45, 2.75) is 4.90 Å². The molecule has 0 aromatic heterocycles. The summed E-state index contributed by atoms with van der Waals surface area (Å²) < 4.78 is 44.3. The third-order valence-electron chi connectivity index (χ3n) is 4.46. The van der Waals surface area contributed by atoms with Gasteiger partial charge in [0.25, 0.3) is 15.9 Å². The topological polar surface area (TPSA) is 94.2 Å². The molecule has 160 valence electrons. The second-order valence-electron chi connectivity index (χ2n) is 6.50. The Labute approximate surface area is 176 Å². The van der Waals surface area contributed by atoms with Gasteiger partial charge in [-0.15, -0.1) is 0 Å². The number of ether oxygens (including phenoxy) is 3. The molecular formula is C21H24N2O6S. The van der Waals surface area contributed by atoms with Crippen LogP contribution in [0.5, 0.6) is 11.5 Å². The van der Waals surface area contributed by atoms with Gasteiger partial charge < -0.3 is 19.1 Å². The average molecular weight is 432 g/mol. The summed E-state index contributed by atoms with van der Waals surface area (Å²) in [4.78, 5) is 14.5. The van der Waals surface area contributed by atoms with Gasteiger partial charge in [-0.3, -0.25) is 9.52 Å². The van der Waals surface area contributed by atoms with Crippen molar-refractivity contribution in [3.63, 3.8) is 0 Å². The molecule has 0 radical (unpaired) electrons. The summed E-state index contributed by atoms with van der Waals surface area (Å²) in [6.45, 7) is 5.65. The molecule has 1 heterocycles. The number of carbonyl (C=O) groups excluding carboxylic acids is 1. The number of nitrogens with zero attached hydrogens (tertiary/aromatic N) is 1. The highest BCUT2D eigenvalue weighted by Gasteiger charge is 2.25. The molecule has 8 nitrogen and oxygen atoms in total. The third kappa shape index (κ3) is 5.11. The first-order valence-electron chi connectivity index (χ1n) is 9.36. The van der Waals surface area contributed by atoms with Gasteiger partial charge in [-0.1, -0.05) is 18.7 Å². The molecule has 2 aromatic carbocycles. The van der Waals surface area contributed by atoms with E-state index in [1.807, 2.05) is 0 Å². The maximum absolute atomic E-state index is 12.9. The lowest BCUT2D eigenvalue weighted by Gasteiger charge is -2.27. The van der Waals surface area contributed by atoms with E-state index in [0.717, 1.165) is 0 Å². The van der Waals surface area contributed by atoms with E-state index >= 15 is 0 Å². The number of rotatable bonds is 8. The molecule has 1 amide bonds. The largest absolute Gasteiger partial charge is 0.496 e. The van der Waals surface area contributed by atoms with Crippen molar-refractivity contribution in [2.24, 2.45) is 0 Å². The summed E-state index contributed by atoms with van der Waals surface area (Å²) in [5.74, 6) is 0.519. The number of anilines is 1. The van der Waals surface area contributed by atoms with E-state index in [0.29, 0.717) is 50.1 Å². The first-order valence-corrected chi connectivity index (χ1v) is 10.8. The molecular weight excluding hydrogens is 408 g/mol. The minimum Gasteiger partial charge on any atom is -0.496 e. The average Bonchev–Trinajstić information content (AvgIpc) is 2.77. The fraction of sp³-hybridized carbons (Fsp3) is 0.286. The lowest BCUT2D eigenvalue weighted by atomic mass is 10.1. The van der Waals surface area contributed by atoms with Gasteiger partial charge in [-0.05, 0) is 30.3 Å². The lowest BCUT2D eigenvalue weighted by molar-refractivity contribution is 0.0300. The van der Waals surface area contributed by atoms with Crippen LogP contribution in [0.25, 0.3) is 0 Å². The Bertz CT molecular complexity index is 1020. The molecule has 2 aromatic rings. The number of methoxy groups -OCH3 is 1. The highest BCUT2D eigenvalue weighted by molar-refractivity contribution is 7.92. The number of benzene rings is 2. The van der Waals surface area contributed by atoms with Crippen LogP contribution in [-0.4, -0.2) is 59.2 Å². The van der Waals surface area contributed by atoms with Crippen molar-refractivity contribution in [1.29, 1.82) is 0 Å². The number of sulfonamides is 1. The Kier molecular flexibility index (Phi) is 6.96. The summed E-state index contributed by atoms with van der Waals surface area (Å²) in [6.07, 6.45) is 1.60. The summed E-state index contributed by atoms with van der Waals surface area (Å²) >= 11 is 0. The smallest absolute Gasteiger partial charge is 0.261 e. The van der Waals surface area contributed by atoms with Crippen LogP contribution < -0.4 is 14.2 Å². The van der Waals surface area contributed by atoms with E-state index in [9.17, 15) is 13.2 Å². The van der Waals surface area contributed by atoms with Crippen molar-refractivity contribution in [3.05, 3.63) is 60.7 Å². The van der Waals surface area contributed by atoms with E-state index in [1.165, 1.54) is 25.3 Å². The first kappa shape index (κ1) is 21.7. The number of carbonyl (C=O) groups is 1. The fourth-order valence-electron chi connectivity index (χ4n) is 2.98. The Balaban J connectivity index is 1.87. The molecule has 0 aliphatic carbocycles. The van der Waals surface area contributed by atoms with Crippen molar-refractivity contribution >= 4 is 21.6 Å². The maximum Gasteiger partial charge on any atom is 0.261 e. The molecule has 0 unspecified atom stereocenters. The molecule has 1 saturated heterocycles. The molecule has 0 saturated carbocycles. The SMILES string of the molecule is C=CCOc1cccc(NS(=O)(=O)c2ccc(OC)c(C(=O)N3CCOCC3)c2)c1. The number of amides is 1. The van der Waals surface area contributed by atoms with Crippen molar-refractivity contribution in [1.82, 2.24) is 4.90 Å². The normalized spacial score (nSPS) is 14.1. The third-order valence-corrected chi connectivity index (χ3v) is 5.84. The number of hydrogen-bond donors (Lipinski definition) is 1. The molecule has 1 N–H and O–H groups in total. The molecule has 0 spiro atoms. The predicted molar refractivity (Wildman–Crippen MR) is 113 cm³/mol. The lowest BCUT2D eigenvalue weighted by Crippen LogP contribution is -2.40. The van der Waals surface area contributed by atoms with E-state index in [4.69, 9.17) is 14.2 Å². The van der Waals surface area contributed by atoms with Crippen LogP contribution in [0.4, 0.5) is 5.69 Å². The van der Waals surface area contributed by atoms with Gasteiger partial charge in [0, 0.05) is 19.2 Å². The maximum atomic E-state index is 12.9.